The monoisotopic (exact) mass is 434 g/mol. The number of hydrogen-bond donors (Lipinski definition) is 0. The minimum atomic E-state index is -4.67. The highest BCUT2D eigenvalue weighted by atomic mass is 19.4. The van der Waals surface area contributed by atoms with Gasteiger partial charge in [0.2, 0.25) is 0 Å². The normalized spacial score (nSPS) is 12.1. The summed E-state index contributed by atoms with van der Waals surface area (Å²) in [4.78, 5) is 12.5. The van der Waals surface area contributed by atoms with Crippen molar-refractivity contribution >= 4 is 11.9 Å². The van der Waals surface area contributed by atoms with Crippen molar-refractivity contribution in [2.75, 3.05) is 20.3 Å². The van der Waals surface area contributed by atoms with Gasteiger partial charge in [0, 0.05) is 5.56 Å². The molecule has 30 heavy (non-hydrogen) atoms. The summed E-state index contributed by atoms with van der Waals surface area (Å²) in [6, 6.07) is 9.46. The van der Waals surface area contributed by atoms with Gasteiger partial charge in [-0.25, -0.2) is 0 Å². The molecule has 4 nitrogen and oxygen atoms in total. The second-order valence-electron chi connectivity index (χ2n) is 5.91. The van der Waals surface area contributed by atoms with E-state index in [9.17, 15) is 31.1 Å². The third-order valence-corrected chi connectivity index (χ3v) is 3.56. The Morgan fingerprint density at radius 2 is 1.53 bits per heavy atom. The van der Waals surface area contributed by atoms with Gasteiger partial charge in [-0.1, -0.05) is 18.2 Å². The van der Waals surface area contributed by atoms with Crippen LogP contribution in [0.1, 0.15) is 15.9 Å². The minimum absolute atomic E-state index is 0.347. The molecular weight excluding hydrogens is 418 g/mol. The molecule has 2 aromatic carbocycles. The predicted octanol–water partition coefficient (Wildman–Crippen LogP) is 5.47. The van der Waals surface area contributed by atoms with E-state index in [1.807, 2.05) is 0 Å². The highest BCUT2D eigenvalue weighted by molar-refractivity contribution is 6.09. The number of carbonyl (C=O) groups is 1. The molecular formula is C20H16F6O4. The Labute approximate surface area is 167 Å². The molecule has 0 unspecified atom stereocenters. The highest BCUT2D eigenvalue weighted by Gasteiger charge is 2.30. The summed E-state index contributed by atoms with van der Waals surface area (Å²) < 4.78 is 88.8. The fourth-order valence-electron chi connectivity index (χ4n) is 2.30. The van der Waals surface area contributed by atoms with E-state index in [0.29, 0.717) is 11.3 Å². The van der Waals surface area contributed by atoms with Crippen molar-refractivity contribution in [2.45, 2.75) is 12.4 Å². The second kappa shape index (κ2) is 9.55. The molecule has 0 radical (unpaired) electrons. The van der Waals surface area contributed by atoms with Crippen LogP contribution in [0.5, 0.6) is 17.2 Å². The van der Waals surface area contributed by atoms with Gasteiger partial charge < -0.3 is 14.2 Å². The molecule has 10 heteroatoms. The molecule has 0 spiro atoms. The standard InChI is InChI=1S/C20H16F6O4/c1-28-17-5-3-2-4-13(17)6-8-16(27)15-10-14(29-11-19(21,22)23)7-9-18(15)30-12-20(24,25)26/h2-10H,11-12H2,1H3. The van der Waals surface area contributed by atoms with E-state index in [-0.39, 0.29) is 11.3 Å². The van der Waals surface area contributed by atoms with Gasteiger partial charge >= 0.3 is 12.4 Å². The molecule has 0 bridgehead atoms. The summed E-state index contributed by atoms with van der Waals surface area (Å²) in [6.45, 7) is -3.30. The number of allylic oxidation sites excluding steroid dienone is 1. The number of ether oxygens (including phenoxy) is 3. The van der Waals surface area contributed by atoms with Crippen LogP contribution in [0, 0.1) is 0 Å². The number of halogens is 6. The van der Waals surface area contributed by atoms with E-state index < -0.39 is 37.1 Å². The number of benzene rings is 2. The summed E-state index contributed by atoms with van der Waals surface area (Å²) in [5, 5.41) is 0. The summed E-state index contributed by atoms with van der Waals surface area (Å²) >= 11 is 0. The molecule has 0 fully saturated rings. The van der Waals surface area contributed by atoms with Crippen molar-refractivity contribution in [3.05, 3.63) is 59.7 Å². The average molecular weight is 434 g/mol. The minimum Gasteiger partial charge on any atom is -0.496 e. The number of carbonyl (C=O) groups excluding carboxylic acids is 1. The van der Waals surface area contributed by atoms with Gasteiger partial charge in [0.15, 0.2) is 19.0 Å². The van der Waals surface area contributed by atoms with Gasteiger partial charge in [0.05, 0.1) is 12.7 Å². The molecule has 0 atom stereocenters. The zero-order valence-electron chi connectivity index (χ0n) is 15.5. The third kappa shape index (κ3) is 7.34. The molecule has 0 aliphatic carbocycles. The molecule has 162 valence electrons. The highest BCUT2D eigenvalue weighted by Crippen LogP contribution is 2.29. The van der Waals surface area contributed by atoms with Gasteiger partial charge in [-0.15, -0.1) is 0 Å². The fraction of sp³-hybridized carbons (Fsp3) is 0.250. The van der Waals surface area contributed by atoms with Crippen LogP contribution in [0.25, 0.3) is 6.08 Å². The zero-order valence-corrected chi connectivity index (χ0v) is 15.5. The molecule has 0 N–H and O–H groups in total. The Morgan fingerprint density at radius 1 is 0.900 bits per heavy atom. The molecule has 0 aromatic heterocycles. The van der Waals surface area contributed by atoms with Crippen LogP contribution in [-0.2, 0) is 0 Å². The Bertz CT molecular complexity index is 903. The maximum atomic E-state index is 12.5. The lowest BCUT2D eigenvalue weighted by Gasteiger charge is -2.14. The first-order chi connectivity index (χ1) is 14.0. The van der Waals surface area contributed by atoms with E-state index >= 15 is 0 Å². The summed E-state index contributed by atoms with van der Waals surface area (Å²) in [5.41, 5.74) is 0.126. The van der Waals surface area contributed by atoms with Gasteiger partial charge in [-0.2, -0.15) is 26.3 Å². The quantitative estimate of drug-likeness (QED) is 0.314. The molecule has 0 amide bonds. The van der Waals surface area contributed by atoms with Crippen LogP contribution in [0.15, 0.2) is 48.5 Å². The summed E-state index contributed by atoms with van der Waals surface area (Å²) in [7, 11) is 1.42. The molecule has 2 aromatic rings. The lowest BCUT2D eigenvalue weighted by atomic mass is 10.1. The molecule has 0 saturated carbocycles. The number of rotatable bonds is 8. The SMILES string of the molecule is COc1ccccc1C=CC(=O)c1cc(OCC(F)(F)F)ccc1OCC(F)(F)F. The Kier molecular flexibility index (Phi) is 7.36. The fourth-order valence-corrected chi connectivity index (χ4v) is 2.30. The average Bonchev–Trinajstić information content (AvgIpc) is 2.68. The smallest absolute Gasteiger partial charge is 0.422 e. The van der Waals surface area contributed by atoms with Crippen molar-refractivity contribution in [1.82, 2.24) is 0 Å². The summed E-state index contributed by atoms with van der Waals surface area (Å²) in [5.74, 6) is -1.14. The molecule has 0 aliphatic heterocycles. The van der Waals surface area contributed by atoms with Gasteiger partial charge in [-0.05, 0) is 36.4 Å². The third-order valence-electron chi connectivity index (χ3n) is 3.56. The van der Waals surface area contributed by atoms with Crippen molar-refractivity contribution in [2.24, 2.45) is 0 Å². The number of ketones is 1. The zero-order chi connectivity index (χ0) is 22.4. The van der Waals surface area contributed by atoms with Gasteiger partial charge in [-0.3, -0.25) is 4.79 Å². The van der Waals surface area contributed by atoms with Crippen LogP contribution in [0.3, 0.4) is 0 Å². The lowest BCUT2D eigenvalue weighted by molar-refractivity contribution is -0.154. The second-order valence-corrected chi connectivity index (χ2v) is 5.91. The van der Waals surface area contributed by atoms with Crippen molar-refractivity contribution in [3.63, 3.8) is 0 Å². The van der Waals surface area contributed by atoms with Crippen molar-refractivity contribution in [3.8, 4) is 17.2 Å². The number of hydrogen-bond acceptors (Lipinski definition) is 4. The van der Waals surface area contributed by atoms with Gasteiger partial charge in [0.25, 0.3) is 0 Å². The Hall–Kier alpha value is -3.17. The number of para-hydroxylation sites is 1. The maximum absolute atomic E-state index is 12.5. The number of alkyl halides is 6. The maximum Gasteiger partial charge on any atom is 0.422 e. The molecule has 0 aliphatic rings. The van der Waals surface area contributed by atoms with E-state index in [1.54, 1.807) is 24.3 Å². The largest absolute Gasteiger partial charge is 0.496 e. The topological polar surface area (TPSA) is 44.8 Å². The van der Waals surface area contributed by atoms with E-state index in [1.165, 1.54) is 13.2 Å². The van der Waals surface area contributed by atoms with Crippen LogP contribution < -0.4 is 14.2 Å². The first-order valence-corrected chi connectivity index (χ1v) is 8.37. The van der Waals surface area contributed by atoms with Crippen LogP contribution >= 0.6 is 0 Å². The van der Waals surface area contributed by atoms with Crippen LogP contribution in [0.4, 0.5) is 26.3 Å². The first kappa shape index (κ1) is 23.1. The van der Waals surface area contributed by atoms with E-state index in [0.717, 1.165) is 24.3 Å². The first-order valence-electron chi connectivity index (χ1n) is 8.37. The van der Waals surface area contributed by atoms with Crippen LogP contribution in [-0.4, -0.2) is 38.5 Å². The Balaban J connectivity index is 2.31. The van der Waals surface area contributed by atoms with Gasteiger partial charge in [0.1, 0.15) is 17.2 Å². The predicted molar refractivity (Wildman–Crippen MR) is 95.9 cm³/mol. The van der Waals surface area contributed by atoms with E-state index in [2.05, 4.69) is 9.47 Å². The number of methoxy groups -OCH3 is 1. The van der Waals surface area contributed by atoms with E-state index in [4.69, 9.17) is 4.74 Å². The molecule has 2 rings (SSSR count). The summed E-state index contributed by atoms with van der Waals surface area (Å²) in [6.07, 6.45) is -6.89. The van der Waals surface area contributed by atoms with Crippen molar-refractivity contribution < 1.29 is 45.3 Å². The van der Waals surface area contributed by atoms with Crippen LogP contribution in [0.2, 0.25) is 0 Å². The molecule has 0 saturated heterocycles. The van der Waals surface area contributed by atoms with Crippen molar-refractivity contribution in [1.29, 1.82) is 0 Å². The molecule has 0 heterocycles. The Morgan fingerprint density at radius 3 is 2.17 bits per heavy atom. The lowest BCUT2D eigenvalue weighted by Crippen LogP contribution is -2.21.